The summed E-state index contributed by atoms with van der Waals surface area (Å²) in [6, 6.07) is 7.67. The summed E-state index contributed by atoms with van der Waals surface area (Å²) in [5, 5.41) is 11.9. The van der Waals surface area contributed by atoms with Gasteiger partial charge in [-0.25, -0.2) is 4.79 Å². The van der Waals surface area contributed by atoms with Crippen molar-refractivity contribution in [2.45, 2.75) is 43.9 Å². The maximum atomic E-state index is 12.2. The topological polar surface area (TPSA) is 55.8 Å². The Morgan fingerprint density at radius 3 is 2.38 bits per heavy atom. The summed E-state index contributed by atoms with van der Waals surface area (Å²) in [7, 11) is 0. The minimum absolute atomic E-state index is 0.0313. The van der Waals surface area contributed by atoms with Gasteiger partial charge in [0, 0.05) is 11.0 Å². The van der Waals surface area contributed by atoms with Gasteiger partial charge < -0.3 is 14.6 Å². The maximum absolute atomic E-state index is 12.2. The van der Waals surface area contributed by atoms with Crippen LogP contribution in [-0.2, 0) is 5.41 Å². The number of carboxylic acid groups (broad SMARTS) is 1. The zero-order chi connectivity index (χ0) is 17.5. The van der Waals surface area contributed by atoms with Crippen LogP contribution in [0.3, 0.4) is 0 Å². The zero-order valence-electron chi connectivity index (χ0n) is 14.7. The molecule has 4 saturated carbocycles. The molecule has 0 aromatic heterocycles. The summed E-state index contributed by atoms with van der Waals surface area (Å²) >= 11 is 0. The van der Waals surface area contributed by atoms with Gasteiger partial charge in [0.05, 0.1) is 10.9 Å². The number of hydrogen-bond donors (Lipinski definition) is 1. The van der Waals surface area contributed by atoms with Gasteiger partial charge in [0.1, 0.15) is 11.5 Å². The van der Waals surface area contributed by atoms with E-state index < -0.39 is 5.97 Å². The van der Waals surface area contributed by atoms with E-state index in [0.717, 1.165) is 64.9 Å². The standard InChI is InChI=1S/C22H22O4/c23-21(24)16-7-15-2-1-3-17-18(15)20(26-11-25-17)19(16)22-8-12-4-13(9-22)6-14(5-12)10-22/h1-3,7,12-14H,4-6,8-11H2,(H,23,24). The van der Waals surface area contributed by atoms with E-state index in [4.69, 9.17) is 9.47 Å². The molecule has 26 heavy (non-hydrogen) atoms. The normalized spacial score (nSPS) is 33.8. The average Bonchev–Trinajstić information content (AvgIpc) is 2.60. The molecule has 7 rings (SSSR count). The first kappa shape index (κ1) is 14.9. The van der Waals surface area contributed by atoms with E-state index in [0.29, 0.717) is 5.56 Å². The predicted molar refractivity (Wildman–Crippen MR) is 96.9 cm³/mol. The summed E-state index contributed by atoms with van der Waals surface area (Å²) in [6.45, 7) is 0.161. The van der Waals surface area contributed by atoms with Crippen LogP contribution in [0.5, 0.6) is 11.5 Å². The lowest BCUT2D eigenvalue weighted by molar-refractivity contribution is -0.00816. The summed E-state index contributed by atoms with van der Waals surface area (Å²) in [5.74, 6) is 3.01. The fraction of sp³-hybridized carbons (Fsp3) is 0.500. The molecule has 0 atom stereocenters. The molecule has 0 unspecified atom stereocenters. The van der Waals surface area contributed by atoms with Gasteiger partial charge in [0.25, 0.3) is 0 Å². The number of ether oxygens (including phenoxy) is 2. The fourth-order valence-corrected chi connectivity index (χ4v) is 6.91. The molecule has 4 fully saturated rings. The molecule has 1 aliphatic heterocycles. The van der Waals surface area contributed by atoms with Gasteiger partial charge in [-0.2, -0.15) is 0 Å². The molecule has 4 nitrogen and oxygen atoms in total. The Kier molecular flexibility index (Phi) is 2.83. The monoisotopic (exact) mass is 350 g/mol. The third kappa shape index (κ3) is 1.88. The van der Waals surface area contributed by atoms with Crippen LogP contribution >= 0.6 is 0 Å². The minimum Gasteiger partial charge on any atom is -0.478 e. The lowest BCUT2D eigenvalue weighted by Gasteiger charge is -2.57. The smallest absolute Gasteiger partial charge is 0.336 e. The van der Waals surface area contributed by atoms with E-state index in [2.05, 4.69) is 0 Å². The molecule has 4 aliphatic carbocycles. The summed E-state index contributed by atoms with van der Waals surface area (Å²) in [4.78, 5) is 12.2. The van der Waals surface area contributed by atoms with Gasteiger partial charge in [0.15, 0.2) is 0 Å². The molecular formula is C22H22O4. The highest BCUT2D eigenvalue weighted by Crippen LogP contribution is 2.63. The number of benzene rings is 2. The Morgan fingerprint density at radius 2 is 1.73 bits per heavy atom. The van der Waals surface area contributed by atoms with Crippen molar-refractivity contribution in [3.05, 3.63) is 35.4 Å². The molecule has 4 bridgehead atoms. The van der Waals surface area contributed by atoms with Crippen LogP contribution in [0.25, 0.3) is 10.8 Å². The van der Waals surface area contributed by atoms with Crippen LogP contribution in [0.1, 0.15) is 54.4 Å². The van der Waals surface area contributed by atoms with Crippen LogP contribution in [0.4, 0.5) is 0 Å². The summed E-state index contributed by atoms with van der Waals surface area (Å²) < 4.78 is 11.7. The van der Waals surface area contributed by atoms with Gasteiger partial charge in [-0.1, -0.05) is 12.1 Å². The largest absolute Gasteiger partial charge is 0.478 e. The van der Waals surface area contributed by atoms with Gasteiger partial charge in [-0.15, -0.1) is 0 Å². The summed E-state index contributed by atoms with van der Waals surface area (Å²) in [6.07, 6.45) is 7.35. The van der Waals surface area contributed by atoms with Gasteiger partial charge in [0.2, 0.25) is 6.79 Å². The molecular weight excluding hydrogens is 328 g/mol. The highest BCUT2D eigenvalue weighted by Gasteiger charge is 2.54. The van der Waals surface area contributed by atoms with Crippen LogP contribution in [-0.4, -0.2) is 17.9 Å². The SMILES string of the molecule is O=C(O)c1cc2cccc3c2c(c1C12CC4CC(CC(C4)C1)C2)OCO3. The molecule has 0 spiro atoms. The van der Waals surface area contributed by atoms with Crippen molar-refractivity contribution in [2.24, 2.45) is 17.8 Å². The van der Waals surface area contributed by atoms with Gasteiger partial charge in [-0.3, -0.25) is 0 Å². The molecule has 1 N–H and O–H groups in total. The minimum atomic E-state index is -0.839. The summed E-state index contributed by atoms with van der Waals surface area (Å²) in [5.41, 5.74) is 1.37. The van der Waals surface area contributed by atoms with Crippen LogP contribution in [0, 0.1) is 17.8 Å². The Bertz CT molecular complexity index is 910. The lowest BCUT2D eigenvalue weighted by atomic mass is 9.47. The molecule has 134 valence electrons. The number of aromatic carboxylic acids is 1. The Balaban J connectivity index is 1.67. The Hall–Kier alpha value is -2.23. The first-order valence-electron chi connectivity index (χ1n) is 9.72. The van der Waals surface area contributed by atoms with E-state index >= 15 is 0 Å². The zero-order valence-corrected chi connectivity index (χ0v) is 14.7. The molecule has 0 amide bonds. The van der Waals surface area contributed by atoms with Crippen molar-refractivity contribution in [1.82, 2.24) is 0 Å². The van der Waals surface area contributed by atoms with Gasteiger partial charge in [-0.05, 0) is 73.8 Å². The highest BCUT2D eigenvalue weighted by molar-refractivity contribution is 6.03. The third-order valence-electron chi connectivity index (χ3n) is 7.30. The van der Waals surface area contributed by atoms with E-state index in [1.165, 1.54) is 19.3 Å². The van der Waals surface area contributed by atoms with Gasteiger partial charge >= 0.3 is 5.97 Å². The van der Waals surface area contributed by atoms with Crippen LogP contribution < -0.4 is 9.47 Å². The van der Waals surface area contributed by atoms with Crippen molar-refractivity contribution < 1.29 is 19.4 Å². The van der Waals surface area contributed by atoms with Crippen molar-refractivity contribution in [1.29, 1.82) is 0 Å². The Labute approximate surface area is 152 Å². The lowest BCUT2D eigenvalue weighted by Crippen LogP contribution is -2.49. The second-order valence-corrected chi connectivity index (χ2v) is 8.89. The average molecular weight is 350 g/mol. The van der Waals surface area contributed by atoms with Crippen molar-refractivity contribution in [3.63, 3.8) is 0 Å². The maximum Gasteiger partial charge on any atom is 0.336 e. The second-order valence-electron chi connectivity index (χ2n) is 8.89. The van der Waals surface area contributed by atoms with Crippen LogP contribution in [0.2, 0.25) is 0 Å². The predicted octanol–water partition coefficient (Wildman–Crippen LogP) is 4.73. The highest BCUT2D eigenvalue weighted by atomic mass is 16.7. The Morgan fingerprint density at radius 1 is 1.04 bits per heavy atom. The first-order valence-corrected chi connectivity index (χ1v) is 9.72. The molecule has 1 heterocycles. The number of hydrogen-bond acceptors (Lipinski definition) is 3. The van der Waals surface area contributed by atoms with E-state index in [-0.39, 0.29) is 12.2 Å². The second kappa shape index (κ2) is 4.93. The van der Waals surface area contributed by atoms with Crippen LogP contribution in [0.15, 0.2) is 24.3 Å². The molecule has 0 saturated heterocycles. The van der Waals surface area contributed by atoms with E-state index in [1.54, 1.807) is 0 Å². The molecule has 4 heteroatoms. The van der Waals surface area contributed by atoms with E-state index in [9.17, 15) is 9.90 Å². The van der Waals surface area contributed by atoms with Crippen molar-refractivity contribution >= 4 is 16.7 Å². The number of carboxylic acids is 1. The molecule has 5 aliphatic rings. The first-order chi connectivity index (χ1) is 12.6. The molecule has 0 radical (unpaired) electrons. The molecule has 2 aromatic carbocycles. The quantitative estimate of drug-likeness (QED) is 0.850. The third-order valence-corrected chi connectivity index (χ3v) is 7.30. The number of rotatable bonds is 2. The van der Waals surface area contributed by atoms with Crippen molar-refractivity contribution in [3.8, 4) is 11.5 Å². The molecule has 2 aromatic rings. The fourth-order valence-electron chi connectivity index (χ4n) is 6.91. The number of carbonyl (C=O) groups is 1. The van der Waals surface area contributed by atoms with Crippen molar-refractivity contribution in [2.75, 3.05) is 6.79 Å². The van der Waals surface area contributed by atoms with E-state index in [1.807, 2.05) is 24.3 Å².